The molecule has 0 fully saturated rings. The van der Waals surface area contributed by atoms with E-state index in [9.17, 15) is 28.9 Å². The highest BCUT2D eigenvalue weighted by Crippen LogP contribution is 2.43. The van der Waals surface area contributed by atoms with E-state index < -0.39 is 57.8 Å². The lowest BCUT2D eigenvalue weighted by molar-refractivity contribution is -0.161. The molecule has 3 atom stereocenters. The first-order chi connectivity index (χ1) is 38.2. The number of hydrogen-bond acceptors (Lipinski definition) is 10. The second-order valence-electron chi connectivity index (χ2n) is 19.8. The standard InChI is InChI=1S/C66H109O11P/c1-4-7-10-13-16-19-22-25-28-30-31-33-36-39-42-45-48-51-54-57-66(70)77-63(59-73-64(68)55-52-49-46-43-40-37-34-27-24-21-18-15-12-9-6-3)61-75-78(71,72)74-60-62(58-67)76-65(69)56-53-50-47-44-41-38-35-32-29-26-23-20-17-14-11-8-5-2/h8,11,16-21,25-29,31,33-35,38,44,47,62-63,67H,4-7,9-10,12-15,22-24,30,32,36-37,39-43,45-46,48-61H2,1-3H3,(H,71,72)/b11-8-,19-16-,20-17-,21-18-,28-25-,29-26-,33-31-,34-27-,38-35-,47-44-. The van der Waals surface area contributed by atoms with Gasteiger partial charge in [-0.3, -0.25) is 23.4 Å². The fraction of sp³-hybridized carbons (Fsp3) is 0.652. The number of carbonyl (C=O) groups is 3. The summed E-state index contributed by atoms with van der Waals surface area (Å²) in [5.41, 5.74) is 0. The van der Waals surface area contributed by atoms with E-state index in [2.05, 4.69) is 130 Å². The maximum Gasteiger partial charge on any atom is 0.472 e. The molecule has 0 radical (unpaired) electrons. The van der Waals surface area contributed by atoms with Crippen LogP contribution in [0.3, 0.4) is 0 Å². The van der Waals surface area contributed by atoms with Gasteiger partial charge in [-0.05, 0) is 128 Å². The third-order valence-corrected chi connectivity index (χ3v) is 13.3. The number of hydrogen-bond donors (Lipinski definition) is 2. The number of allylic oxidation sites excluding steroid dienone is 20. The molecule has 0 aliphatic heterocycles. The molecule has 78 heavy (non-hydrogen) atoms. The van der Waals surface area contributed by atoms with Crippen LogP contribution in [0, 0.1) is 0 Å². The Morgan fingerprint density at radius 2 is 0.679 bits per heavy atom. The summed E-state index contributed by atoms with van der Waals surface area (Å²) in [5.74, 6) is -1.57. The highest BCUT2D eigenvalue weighted by Gasteiger charge is 2.28. The Balaban J connectivity index is 4.83. The molecule has 0 saturated heterocycles. The number of ether oxygens (including phenoxy) is 3. The van der Waals surface area contributed by atoms with Crippen molar-refractivity contribution in [2.75, 3.05) is 26.4 Å². The number of phosphoric acid groups is 1. The first kappa shape index (κ1) is 73.9. The molecule has 0 spiro atoms. The molecule has 0 aromatic rings. The summed E-state index contributed by atoms with van der Waals surface area (Å²) >= 11 is 0. The van der Waals surface area contributed by atoms with Crippen LogP contribution in [0.1, 0.15) is 239 Å². The summed E-state index contributed by atoms with van der Waals surface area (Å²) in [6.07, 6.45) is 72.9. The molecule has 3 unspecified atom stereocenters. The predicted molar refractivity (Wildman–Crippen MR) is 325 cm³/mol. The van der Waals surface area contributed by atoms with Gasteiger partial charge in [0.15, 0.2) is 6.10 Å². The number of aliphatic hydroxyl groups excluding tert-OH is 1. The molecule has 11 nitrogen and oxygen atoms in total. The van der Waals surface area contributed by atoms with Crippen molar-refractivity contribution in [3.05, 3.63) is 122 Å². The molecule has 444 valence electrons. The highest BCUT2D eigenvalue weighted by molar-refractivity contribution is 7.47. The van der Waals surface area contributed by atoms with Gasteiger partial charge in [0.25, 0.3) is 0 Å². The topological polar surface area (TPSA) is 155 Å². The fourth-order valence-corrected chi connectivity index (χ4v) is 8.51. The monoisotopic (exact) mass is 1110 g/mol. The molecule has 12 heteroatoms. The van der Waals surface area contributed by atoms with E-state index in [0.29, 0.717) is 25.7 Å². The largest absolute Gasteiger partial charge is 0.472 e. The number of esters is 3. The van der Waals surface area contributed by atoms with Crippen LogP contribution >= 0.6 is 7.82 Å². The van der Waals surface area contributed by atoms with E-state index in [1.807, 2.05) is 12.2 Å². The van der Waals surface area contributed by atoms with Gasteiger partial charge in [0.2, 0.25) is 0 Å². The Labute approximate surface area is 475 Å². The Bertz CT molecular complexity index is 1770. The minimum absolute atomic E-state index is 0.0910. The maximum atomic E-state index is 12.9. The lowest BCUT2D eigenvalue weighted by Crippen LogP contribution is -2.30. The van der Waals surface area contributed by atoms with Gasteiger partial charge < -0.3 is 24.2 Å². The second kappa shape index (κ2) is 59.0. The Morgan fingerprint density at radius 1 is 0.372 bits per heavy atom. The van der Waals surface area contributed by atoms with E-state index in [1.165, 1.54) is 44.9 Å². The summed E-state index contributed by atoms with van der Waals surface area (Å²) in [6, 6.07) is 0. The molecule has 0 amide bonds. The SMILES string of the molecule is CC/C=C\C/C=C\C/C=C\C/C=C\C/C=C\CCCC(=O)OC(CO)COP(=O)(O)OCC(COC(=O)CCCCCCC/C=C\C/C=C\CCCCC)OC(=O)CCCCCCCC/C=C\C/C=C\C/C=C\CCCCC. The van der Waals surface area contributed by atoms with Crippen LogP contribution < -0.4 is 0 Å². The normalized spacial score (nSPS) is 14.2. The first-order valence-electron chi connectivity index (χ1n) is 30.4. The van der Waals surface area contributed by atoms with Crippen molar-refractivity contribution in [2.45, 2.75) is 251 Å². The van der Waals surface area contributed by atoms with Gasteiger partial charge in [0.05, 0.1) is 19.8 Å². The molecule has 0 aromatic heterocycles. The zero-order chi connectivity index (χ0) is 56.9. The zero-order valence-corrected chi connectivity index (χ0v) is 50.0. The minimum Gasteiger partial charge on any atom is -0.462 e. The summed E-state index contributed by atoms with van der Waals surface area (Å²) in [5, 5.41) is 9.83. The highest BCUT2D eigenvalue weighted by atomic mass is 31.2. The number of unbranched alkanes of at least 4 members (excludes halogenated alkanes) is 18. The first-order valence-corrected chi connectivity index (χ1v) is 31.9. The van der Waals surface area contributed by atoms with Crippen LogP contribution in [0.4, 0.5) is 0 Å². The van der Waals surface area contributed by atoms with Gasteiger partial charge in [0.1, 0.15) is 12.7 Å². The van der Waals surface area contributed by atoms with Crippen molar-refractivity contribution in [3.8, 4) is 0 Å². The third kappa shape index (κ3) is 56.6. The van der Waals surface area contributed by atoms with Crippen LogP contribution in [0.15, 0.2) is 122 Å². The molecule has 2 N–H and O–H groups in total. The maximum absolute atomic E-state index is 12.9. The van der Waals surface area contributed by atoms with Gasteiger partial charge in [-0.1, -0.05) is 213 Å². The van der Waals surface area contributed by atoms with Crippen LogP contribution in [0.25, 0.3) is 0 Å². The molecule has 0 heterocycles. The van der Waals surface area contributed by atoms with Gasteiger partial charge in [-0.25, -0.2) is 4.57 Å². The van der Waals surface area contributed by atoms with Crippen molar-refractivity contribution in [1.29, 1.82) is 0 Å². The third-order valence-electron chi connectivity index (χ3n) is 12.3. The molecule has 0 saturated carbocycles. The second-order valence-corrected chi connectivity index (χ2v) is 21.2. The van der Waals surface area contributed by atoms with E-state index >= 15 is 0 Å². The van der Waals surface area contributed by atoms with Gasteiger partial charge in [0, 0.05) is 19.3 Å². The van der Waals surface area contributed by atoms with E-state index in [4.69, 9.17) is 23.3 Å². The Morgan fingerprint density at radius 3 is 1.08 bits per heavy atom. The molecule has 0 aliphatic rings. The van der Waals surface area contributed by atoms with E-state index in [0.717, 1.165) is 128 Å². The quantitative estimate of drug-likeness (QED) is 0.0197. The summed E-state index contributed by atoms with van der Waals surface area (Å²) in [6.45, 7) is 4.38. The molecule has 0 aromatic carbocycles. The van der Waals surface area contributed by atoms with E-state index in [1.54, 1.807) is 0 Å². The number of aliphatic hydroxyl groups is 1. The summed E-state index contributed by atoms with van der Waals surface area (Å²) in [7, 11) is -4.78. The number of carbonyl (C=O) groups excluding carboxylic acids is 3. The summed E-state index contributed by atoms with van der Waals surface area (Å²) in [4.78, 5) is 48.6. The van der Waals surface area contributed by atoms with Gasteiger partial charge >= 0.3 is 25.7 Å². The van der Waals surface area contributed by atoms with Crippen LogP contribution in [0.2, 0.25) is 0 Å². The predicted octanol–water partition coefficient (Wildman–Crippen LogP) is 18.4. The average Bonchev–Trinajstić information content (AvgIpc) is 3.43. The molecular formula is C66H109O11P. The van der Waals surface area contributed by atoms with Crippen LogP contribution in [0.5, 0.6) is 0 Å². The van der Waals surface area contributed by atoms with Gasteiger partial charge in [-0.15, -0.1) is 0 Å². The molecule has 0 aliphatic carbocycles. The van der Waals surface area contributed by atoms with Crippen molar-refractivity contribution in [2.24, 2.45) is 0 Å². The summed E-state index contributed by atoms with van der Waals surface area (Å²) < 4.78 is 39.5. The Kier molecular flexibility index (Phi) is 55.9. The van der Waals surface area contributed by atoms with Crippen LogP contribution in [-0.4, -0.2) is 66.5 Å². The van der Waals surface area contributed by atoms with Crippen molar-refractivity contribution < 1.29 is 52.2 Å². The lowest BCUT2D eigenvalue weighted by atomic mass is 10.1. The Hall–Kier alpha value is -4.12. The zero-order valence-electron chi connectivity index (χ0n) is 49.1. The van der Waals surface area contributed by atoms with E-state index in [-0.39, 0.29) is 25.9 Å². The van der Waals surface area contributed by atoms with Crippen molar-refractivity contribution >= 4 is 25.7 Å². The fourth-order valence-electron chi connectivity index (χ4n) is 7.72. The smallest absolute Gasteiger partial charge is 0.462 e. The lowest BCUT2D eigenvalue weighted by Gasteiger charge is -2.21. The van der Waals surface area contributed by atoms with Crippen LogP contribution in [-0.2, 0) is 42.2 Å². The average molecular weight is 1110 g/mol. The van der Waals surface area contributed by atoms with Gasteiger partial charge in [-0.2, -0.15) is 0 Å². The number of rotatable bonds is 55. The number of phosphoric ester groups is 1. The molecule has 0 rings (SSSR count). The van der Waals surface area contributed by atoms with Crippen molar-refractivity contribution in [1.82, 2.24) is 0 Å². The molecule has 0 bridgehead atoms. The van der Waals surface area contributed by atoms with Crippen molar-refractivity contribution in [3.63, 3.8) is 0 Å². The minimum atomic E-state index is -4.78. The molecular weight excluding hydrogens is 1000 g/mol.